The number of benzene rings is 2. The van der Waals surface area contributed by atoms with Crippen LogP contribution in [0, 0.1) is 6.92 Å². The van der Waals surface area contributed by atoms with Gasteiger partial charge in [-0.3, -0.25) is 0 Å². The lowest BCUT2D eigenvalue weighted by molar-refractivity contribution is 0.590. The molecule has 0 N–H and O–H groups in total. The van der Waals surface area contributed by atoms with E-state index in [2.05, 4.69) is 91.8 Å². The lowest BCUT2D eigenvalue weighted by atomic mass is 9.83. The number of hydrogen-bond acceptors (Lipinski definition) is 0. The minimum Gasteiger partial charge on any atom is -0.0587 e. The molecule has 0 atom stereocenters. The highest BCUT2D eigenvalue weighted by molar-refractivity contribution is 5.67. The summed E-state index contributed by atoms with van der Waals surface area (Å²) in [6.07, 6.45) is 0. The second-order valence-corrected chi connectivity index (χ2v) is 8.43. The Morgan fingerprint density at radius 2 is 1.30 bits per heavy atom. The highest BCUT2D eigenvalue weighted by atomic mass is 14.2. The Bertz CT molecular complexity index is 664. The van der Waals surface area contributed by atoms with Gasteiger partial charge in [0.1, 0.15) is 0 Å². The first kappa shape index (κ1) is 17.8. The van der Waals surface area contributed by atoms with E-state index >= 15 is 0 Å². The Morgan fingerprint density at radius 3 is 1.74 bits per heavy atom. The van der Waals surface area contributed by atoms with Crippen molar-refractivity contribution < 1.29 is 0 Å². The van der Waals surface area contributed by atoms with Gasteiger partial charge in [0.25, 0.3) is 0 Å². The molecule has 124 valence electrons. The summed E-state index contributed by atoms with van der Waals surface area (Å²) < 4.78 is 0. The molecular weight excluding hydrogens is 276 g/mol. The van der Waals surface area contributed by atoms with Crippen molar-refractivity contribution >= 4 is 0 Å². The molecule has 0 bridgehead atoms. The first-order valence-corrected chi connectivity index (χ1v) is 8.86. The summed E-state index contributed by atoms with van der Waals surface area (Å²) in [6, 6.07) is 13.8. The van der Waals surface area contributed by atoms with Gasteiger partial charge >= 0.3 is 0 Å². The van der Waals surface area contributed by atoms with Crippen LogP contribution in [0.25, 0.3) is 11.1 Å². The van der Waals surface area contributed by atoms with Crippen molar-refractivity contribution in [3.8, 4) is 11.1 Å². The topological polar surface area (TPSA) is 0 Å². The number of aryl methyl sites for hydroxylation is 1. The van der Waals surface area contributed by atoms with E-state index in [1.807, 2.05) is 0 Å². The fourth-order valence-electron chi connectivity index (χ4n) is 3.42. The molecule has 0 radical (unpaired) electrons. The van der Waals surface area contributed by atoms with Crippen molar-refractivity contribution in [2.24, 2.45) is 0 Å². The van der Waals surface area contributed by atoms with Gasteiger partial charge in [-0.15, -0.1) is 0 Å². The average Bonchev–Trinajstić information content (AvgIpc) is 2.45. The molecule has 0 aliphatic carbocycles. The molecule has 0 saturated heterocycles. The Hall–Kier alpha value is -1.56. The van der Waals surface area contributed by atoms with Crippen LogP contribution in [-0.2, 0) is 5.41 Å². The van der Waals surface area contributed by atoms with Crippen molar-refractivity contribution in [3.63, 3.8) is 0 Å². The summed E-state index contributed by atoms with van der Waals surface area (Å²) in [5.41, 5.74) is 8.69. The first-order chi connectivity index (χ1) is 10.6. The van der Waals surface area contributed by atoms with Gasteiger partial charge in [-0.05, 0) is 57.6 Å². The van der Waals surface area contributed by atoms with Crippen LogP contribution in [0.4, 0.5) is 0 Å². The third kappa shape index (κ3) is 3.86. The maximum Gasteiger partial charge on any atom is -0.0132 e. The summed E-state index contributed by atoms with van der Waals surface area (Å²) >= 11 is 0. The minimum atomic E-state index is 0.207. The Balaban J connectivity index is 2.52. The van der Waals surface area contributed by atoms with Gasteiger partial charge in [-0.2, -0.15) is 0 Å². The molecule has 0 nitrogen and oxygen atoms in total. The number of rotatable bonds is 3. The van der Waals surface area contributed by atoms with Crippen LogP contribution in [-0.4, -0.2) is 0 Å². The summed E-state index contributed by atoms with van der Waals surface area (Å²) in [5, 5.41) is 0. The SMILES string of the molecule is Cc1cc(-c2ccc(C(C)(C)C)cc2)cc(C(C)C)c1C(C)C. The molecule has 2 aromatic carbocycles. The van der Waals surface area contributed by atoms with Crippen LogP contribution in [0.2, 0.25) is 0 Å². The molecule has 2 rings (SSSR count). The fourth-order valence-corrected chi connectivity index (χ4v) is 3.42. The summed E-state index contributed by atoms with van der Waals surface area (Å²) in [4.78, 5) is 0. The third-order valence-electron chi connectivity index (χ3n) is 4.70. The van der Waals surface area contributed by atoms with Gasteiger partial charge in [0, 0.05) is 0 Å². The maximum absolute atomic E-state index is 2.40. The highest BCUT2D eigenvalue weighted by Crippen LogP contribution is 2.34. The maximum atomic E-state index is 2.40. The Morgan fingerprint density at radius 1 is 0.739 bits per heavy atom. The van der Waals surface area contributed by atoms with Crippen LogP contribution in [0.1, 0.15) is 82.6 Å². The standard InChI is InChI=1S/C23H32/c1-15(2)21-14-19(13-17(5)22(21)16(3)4)18-9-11-20(12-10-18)23(6,7)8/h9-16H,1-8H3. The largest absolute Gasteiger partial charge is 0.0587 e. The van der Waals surface area contributed by atoms with E-state index in [0.29, 0.717) is 11.8 Å². The van der Waals surface area contributed by atoms with Crippen LogP contribution >= 0.6 is 0 Å². The molecule has 0 heteroatoms. The van der Waals surface area contributed by atoms with Gasteiger partial charge in [0.05, 0.1) is 0 Å². The fraction of sp³-hybridized carbons (Fsp3) is 0.478. The quantitative estimate of drug-likeness (QED) is 0.562. The van der Waals surface area contributed by atoms with Crippen molar-refractivity contribution in [2.75, 3.05) is 0 Å². The van der Waals surface area contributed by atoms with Crippen LogP contribution in [0.5, 0.6) is 0 Å². The van der Waals surface area contributed by atoms with Gasteiger partial charge in [0.2, 0.25) is 0 Å². The Kier molecular flexibility index (Phi) is 5.04. The molecule has 0 amide bonds. The zero-order chi connectivity index (χ0) is 17.4. The average molecular weight is 309 g/mol. The predicted molar refractivity (Wildman–Crippen MR) is 103 cm³/mol. The molecule has 0 fully saturated rings. The second-order valence-electron chi connectivity index (χ2n) is 8.43. The van der Waals surface area contributed by atoms with E-state index in [1.165, 1.54) is 33.4 Å². The zero-order valence-electron chi connectivity index (χ0n) is 16.1. The van der Waals surface area contributed by atoms with E-state index in [9.17, 15) is 0 Å². The normalized spacial score (nSPS) is 12.3. The summed E-state index contributed by atoms with van der Waals surface area (Å²) in [6.45, 7) is 18.2. The summed E-state index contributed by atoms with van der Waals surface area (Å²) in [7, 11) is 0. The smallest absolute Gasteiger partial charge is 0.0132 e. The monoisotopic (exact) mass is 308 g/mol. The Labute approximate surface area is 143 Å². The van der Waals surface area contributed by atoms with E-state index in [4.69, 9.17) is 0 Å². The lowest BCUT2D eigenvalue weighted by Crippen LogP contribution is -2.10. The summed E-state index contributed by atoms with van der Waals surface area (Å²) in [5.74, 6) is 1.13. The highest BCUT2D eigenvalue weighted by Gasteiger charge is 2.16. The number of hydrogen-bond donors (Lipinski definition) is 0. The molecule has 0 spiro atoms. The predicted octanol–water partition coefficient (Wildman–Crippen LogP) is 7.21. The van der Waals surface area contributed by atoms with E-state index in [1.54, 1.807) is 0 Å². The molecule has 0 aliphatic heterocycles. The second kappa shape index (κ2) is 6.51. The zero-order valence-corrected chi connectivity index (χ0v) is 16.1. The molecule has 0 unspecified atom stereocenters. The van der Waals surface area contributed by atoms with E-state index < -0.39 is 0 Å². The third-order valence-corrected chi connectivity index (χ3v) is 4.70. The van der Waals surface area contributed by atoms with Gasteiger partial charge in [-0.25, -0.2) is 0 Å². The molecule has 0 aromatic heterocycles. The van der Waals surface area contributed by atoms with E-state index in [0.717, 1.165) is 0 Å². The molecule has 0 aliphatic rings. The van der Waals surface area contributed by atoms with Crippen LogP contribution < -0.4 is 0 Å². The van der Waals surface area contributed by atoms with E-state index in [-0.39, 0.29) is 5.41 Å². The van der Waals surface area contributed by atoms with Crippen molar-refractivity contribution in [1.82, 2.24) is 0 Å². The van der Waals surface area contributed by atoms with Gasteiger partial charge < -0.3 is 0 Å². The van der Waals surface area contributed by atoms with Gasteiger partial charge in [0.15, 0.2) is 0 Å². The molecular formula is C23H32. The molecule has 0 heterocycles. The molecule has 23 heavy (non-hydrogen) atoms. The van der Waals surface area contributed by atoms with Crippen molar-refractivity contribution in [1.29, 1.82) is 0 Å². The van der Waals surface area contributed by atoms with Gasteiger partial charge in [-0.1, -0.05) is 84.9 Å². The van der Waals surface area contributed by atoms with Crippen molar-refractivity contribution in [2.45, 2.75) is 72.6 Å². The van der Waals surface area contributed by atoms with Crippen molar-refractivity contribution in [3.05, 3.63) is 58.7 Å². The molecule has 0 saturated carbocycles. The molecule has 2 aromatic rings. The minimum absolute atomic E-state index is 0.207. The van der Waals surface area contributed by atoms with Crippen LogP contribution in [0.3, 0.4) is 0 Å². The first-order valence-electron chi connectivity index (χ1n) is 8.86. The van der Waals surface area contributed by atoms with Crippen LogP contribution in [0.15, 0.2) is 36.4 Å². The lowest BCUT2D eigenvalue weighted by Gasteiger charge is -2.22.